The lowest BCUT2D eigenvalue weighted by Crippen LogP contribution is -2.48. The normalized spacial score (nSPS) is 15.8. The van der Waals surface area contributed by atoms with Crippen LogP contribution in [-0.2, 0) is 4.79 Å². The summed E-state index contributed by atoms with van der Waals surface area (Å²) in [7, 11) is 3.58. The molecule has 0 spiro atoms. The highest BCUT2D eigenvalue weighted by Gasteiger charge is 2.34. The van der Waals surface area contributed by atoms with Gasteiger partial charge in [-0.15, -0.1) is 0 Å². The first-order valence-electron chi connectivity index (χ1n) is 4.56. The summed E-state index contributed by atoms with van der Waals surface area (Å²) in [4.78, 5) is 12.7. The van der Waals surface area contributed by atoms with Crippen LogP contribution in [0.1, 0.15) is 26.2 Å². The summed E-state index contributed by atoms with van der Waals surface area (Å²) in [5.74, 6) is -0.769. The maximum Gasteiger partial charge on any atom is 0.323 e. The van der Waals surface area contributed by atoms with Crippen molar-refractivity contribution in [2.45, 2.75) is 31.7 Å². The molecule has 0 amide bonds. The number of carbonyl (C=O) groups is 1. The van der Waals surface area contributed by atoms with Gasteiger partial charge in [-0.05, 0) is 46.8 Å². The van der Waals surface area contributed by atoms with Crippen molar-refractivity contribution in [2.75, 3.05) is 20.6 Å². The summed E-state index contributed by atoms with van der Waals surface area (Å²) in [5, 5.41) is 9.03. The summed E-state index contributed by atoms with van der Waals surface area (Å²) >= 11 is 0. The third-order valence-corrected chi connectivity index (χ3v) is 2.57. The van der Waals surface area contributed by atoms with Crippen molar-refractivity contribution in [1.82, 2.24) is 4.90 Å². The molecule has 13 heavy (non-hydrogen) atoms. The molecule has 0 aliphatic rings. The highest BCUT2D eigenvalue weighted by Crippen LogP contribution is 2.19. The number of unbranched alkanes of at least 4 members (excludes halogenated alkanes) is 1. The summed E-state index contributed by atoms with van der Waals surface area (Å²) in [5.41, 5.74) is 4.59. The van der Waals surface area contributed by atoms with Gasteiger partial charge in [0, 0.05) is 0 Å². The zero-order chi connectivity index (χ0) is 10.5. The van der Waals surface area contributed by atoms with Gasteiger partial charge in [-0.25, -0.2) is 0 Å². The Balaban J connectivity index is 4.17. The molecule has 0 aromatic rings. The second-order valence-corrected chi connectivity index (χ2v) is 3.72. The Kier molecular flexibility index (Phi) is 4.95. The number of hydrogen-bond acceptors (Lipinski definition) is 3. The van der Waals surface area contributed by atoms with E-state index in [2.05, 4.69) is 0 Å². The summed E-state index contributed by atoms with van der Waals surface area (Å²) in [6, 6.07) is 0. The molecule has 0 fully saturated rings. The summed E-state index contributed by atoms with van der Waals surface area (Å²) < 4.78 is 0. The van der Waals surface area contributed by atoms with Crippen molar-refractivity contribution in [1.29, 1.82) is 0 Å². The number of hydrogen-bond donors (Lipinski definition) is 2. The van der Waals surface area contributed by atoms with E-state index in [1.54, 1.807) is 25.9 Å². The molecule has 0 heterocycles. The van der Waals surface area contributed by atoms with Crippen LogP contribution in [0.3, 0.4) is 0 Å². The molecule has 78 valence electrons. The first kappa shape index (κ1) is 12.4. The zero-order valence-corrected chi connectivity index (χ0v) is 8.71. The molecule has 0 bridgehead atoms. The predicted molar refractivity (Wildman–Crippen MR) is 52.6 cm³/mol. The Labute approximate surface area is 79.7 Å². The second-order valence-electron chi connectivity index (χ2n) is 3.72. The van der Waals surface area contributed by atoms with Gasteiger partial charge in [-0.3, -0.25) is 9.69 Å². The Morgan fingerprint density at radius 2 is 2.00 bits per heavy atom. The molecule has 0 unspecified atom stereocenters. The van der Waals surface area contributed by atoms with Crippen molar-refractivity contribution in [2.24, 2.45) is 5.73 Å². The standard InChI is InChI=1S/C9H20N2O2/c1-9(8(12)13,11(2)3)6-4-5-7-10/h4-7,10H2,1-3H3,(H,12,13)/t9-/m0/s1. The van der Waals surface area contributed by atoms with E-state index in [0.29, 0.717) is 13.0 Å². The number of nitrogens with two attached hydrogens (primary N) is 1. The van der Waals surface area contributed by atoms with Gasteiger partial charge >= 0.3 is 5.97 Å². The molecule has 0 aromatic heterocycles. The molecule has 3 N–H and O–H groups in total. The van der Waals surface area contributed by atoms with Gasteiger partial charge in [0.25, 0.3) is 0 Å². The van der Waals surface area contributed by atoms with Crippen LogP contribution in [0.2, 0.25) is 0 Å². The molecule has 0 rings (SSSR count). The Morgan fingerprint density at radius 1 is 1.46 bits per heavy atom. The molecule has 4 nitrogen and oxygen atoms in total. The number of aliphatic carboxylic acids is 1. The molecule has 1 atom stereocenters. The van der Waals surface area contributed by atoms with E-state index >= 15 is 0 Å². The van der Waals surface area contributed by atoms with E-state index < -0.39 is 11.5 Å². The fraction of sp³-hybridized carbons (Fsp3) is 0.889. The van der Waals surface area contributed by atoms with Gasteiger partial charge in [0.15, 0.2) is 0 Å². The maximum absolute atomic E-state index is 11.0. The highest BCUT2D eigenvalue weighted by atomic mass is 16.4. The second kappa shape index (κ2) is 5.19. The highest BCUT2D eigenvalue weighted by molar-refractivity contribution is 5.78. The average Bonchev–Trinajstić information content (AvgIpc) is 2.03. The Morgan fingerprint density at radius 3 is 2.31 bits per heavy atom. The largest absolute Gasteiger partial charge is 0.480 e. The molecule has 0 saturated carbocycles. The predicted octanol–water partition coefficient (Wildman–Crippen LogP) is 0.520. The van der Waals surface area contributed by atoms with Crippen molar-refractivity contribution in [3.63, 3.8) is 0 Å². The van der Waals surface area contributed by atoms with Gasteiger partial charge in [0.1, 0.15) is 5.54 Å². The molecule has 0 radical (unpaired) electrons. The smallest absolute Gasteiger partial charge is 0.323 e. The topological polar surface area (TPSA) is 66.6 Å². The van der Waals surface area contributed by atoms with E-state index in [-0.39, 0.29) is 0 Å². The fourth-order valence-corrected chi connectivity index (χ4v) is 1.14. The number of carboxylic acids is 1. The lowest BCUT2D eigenvalue weighted by atomic mass is 9.94. The minimum absolute atomic E-state index is 0.628. The van der Waals surface area contributed by atoms with Crippen LogP contribution in [-0.4, -0.2) is 42.2 Å². The van der Waals surface area contributed by atoms with Crippen LogP contribution in [0.25, 0.3) is 0 Å². The molecule has 0 aromatic carbocycles. The molecular formula is C9H20N2O2. The van der Waals surface area contributed by atoms with E-state index in [1.807, 2.05) is 0 Å². The number of rotatable bonds is 6. The molecule has 0 saturated heterocycles. The van der Waals surface area contributed by atoms with E-state index in [1.165, 1.54) is 0 Å². The van der Waals surface area contributed by atoms with Gasteiger partial charge in [0.05, 0.1) is 0 Å². The van der Waals surface area contributed by atoms with E-state index in [0.717, 1.165) is 12.8 Å². The third-order valence-electron chi connectivity index (χ3n) is 2.57. The summed E-state index contributed by atoms with van der Waals surface area (Å²) in [6.45, 7) is 2.37. The van der Waals surface area contributed by atoms with Crippen molar-refractivity contribution < 1.29 is 9.90 Å². The van der Waals surface area contributed by atoms with Gasteiger partial charge < -0.3 is 10.8 Å². The Bertz CT molecular complexity index is 171. The Hall–Kier alpha value is -0.610. The van der Waals surface area contributed by atoms with Crippen LogP contribution >= 0.6 is 0 Å². The zero-order valence-electron chi connectivity index (χ0n) is 8.71. The van der Waals surface area contributed by atoms with E-state index in [4.69, 9.17) is 10.8 Å². The van der Waals surface area contributed by atoms with Crippen LogP contribution in [0.5, 0.6) is 0 Å². The minimum Gasteiger partial charge on any atom is -0.480 e. The number of nitrogens with zero attached hydrogens (tertiary/aromatic N) is 1. The molecule has 4 heteroatoms. The molecule has 0 aliphatic heterocycles. The SMILES string of the molecule is CN(C)[C@@](C)(CCCCN)C(=O)O. The van der Waals surface area contributed by atoms with Gasteiger partial charge in [0.2, 0.25) is 0 Å². The van der Waals surface area contributed by atoms with Crippen molar-refractivity contribution >= 4 is 5.97 Å². The third kappa shape index (κ3) is 3.32. The van der Waals surface area contributed by atoms with Crippen molar-refractivity contribution in [3.8, 4) is 0 Å². The lowest BCUT2D eigenvalue weighted by molar-refractivity contribution is -0.149. The van der Waals surface area contributed by atoms with E-state index in [9.17, 15) is 4.79 Å². The molecule has 0 aliphatic carbocycles. The maximum atomic E-state index is 11.0. The first-order valence-corrected chi connectivity index (χ1v) is 4.56. The number of likely N-dealkylation sites (N-methyl/N-ethyl adjacent to an activating group) is 1. The summed E-state index contributed by atoms with van der Waals surface area (Å²) in [6.07, 6.45) is 2.39. The van der Waals surface area contributed by atoms with Crippen LogP contribution < -0.4 is 5.73 Å². The monoisotopic (exact) mass is 188 g/mol. The van der Waals surface area contributed by atoms with Gasteiger partial charge in [-0.1, -0.05) is 0 Å². The lowest BCUT2D eigenvalue weighted by Gasteiger charge is -2.32. The van der Waals surface area contributed by atoms with Gasteiger partial charge in [-0.2, -0.15) is 0 Å². The number of carboxylic acid groups (broad SMARTS) is 1. The average molecular weight is 188 g/mol. The van der Waals surface area contributed by atoms with Crippen LogP contribution in [0.4, 0.5) is 0 Å². The van der Waals surface area contributed by atoms with Crippen LogP contribution in [0, 0.1) is 0 Å². The minimum atomic E-state index is -0.769. The molecular weight excluding hydrogens is 168 g/mol. The fourth-order valence-electron chi connectivity index (χ4n) is 1.14. The van der Waals surface area contributed by atoms with Crippen molar-refractivity contribution in [3.05, 3.63) is 0 Å². The first-order chi connectivity index (χ1) is 5.95. The van der Waals surface area contributed by atoms with Crippen LogP contribution in [0.15, 0.2) is 0 Å². The quantitative estimate of drug-likeness (QED) is 0.596.